The number of fused-ring (bicyclic) bond motifs is 1. The van der Waals surface area contributed by atoms with Crippen LogP contribution in [0.2, 0.25) is 0 Å². The van der Waals surface area contributed by atoms with Crippen LogP contribution >= 0.6 is 15.9 Å². The molecule has 0 aliphatic heterocycles. The Balaban J connectivity index is 2.38. The molecule has 0 bridgehead atoms. The Bertz CT molecular complexity index is 579. The fraction of sp³-hybridized carbons (Fsp3) is 0.357. The summed E-state index contributed by atoms with van der Waals surface area (Å²) >= 11 is 3.21. The number of ketones is 2. The number of rotatable bonds is 4. The number of aromatic nitrogens is 1. The number of nitrogens with one attached hydrogen (secondary N) is 1. The van der Waals surface area contributed by atoms with Crippen molar-refractivity contribution in [3.05, 3.63) is 39.3 Å². The molecule has 100 valence electrons. The smallest absolute Gasteiger partial charge is 0.221 e. The van der Waals surface area contributed by atoms with Crippen molar-refractivity contribution in [3.8, 4) is 0 Å². The summed E-state index contributed by atoms with van der Waals surface area (Å²) in [5, 5.41) is 3.04. The first-order chi connectivity index (χ1) is 9.06. The van der Waals surface area contributed by atoms with E-state index in [1.165, 1.54) is 0 Å². The minimum atomic E-state index is -0.239. The summed E-state index contributed by atoms with van der Waals surface area (Å²) in [5.41, 5.74) is 1.68. The van der Waals surface area contributed by atoms with Gasteiger partial charge in [-0.25, -0.2) is 4.98 Å². The fourth-order valence-corrected chi connectivity index (χ4v) is 2.42. The van der Waals surface area contributed by atoms with Gasteiger partial charge in [-0.3, -0.25) is 9.59 Å². The minimum absolute atomic E-state index is 0.176. The number of hydrogen-bond acceptors (Lipinski definition) is 4. The number of halogens is 1. The molecule has 1 aliphatic rings. The van der Waals surface area contributed by atoms with Crippen LogP contribution in [0.4, 0.5) is 0 Å². The van der Waals surface area contributed by atoms with Gasteiger partial charge in [0.15, 0.2) is 0 Å². The van der Waals surface area contributed by atoms with Crippen LogP contribution in [0, 0.1) is 6.92 Å². The molecule has 2 rings (SSSR count). The van der Waals surface area contributed by atoms with Crippen LogP contribution in [0.15, 0.2) is 22.3 Å². The Morgan fingerprint density at radius 2 is 2.00 bits per heavy atom. The standard InChI is InChI=1S/C14H15BrN2O2/c1-3-4-7-16-12-10(15)14(19)11-9(13(12)18)6-5-8(2)17-11/h5-6,16H,3-4,7H2,1-2H3. The molecule has 0 saturated carbocycles. The normalized spacial score (nSPS) is 14.7. The third-order valence-electron chi connectivity index (χ3n) is 2.97. The van der Waals surface area contributed by atoms with E-state index in [1.54, 1.807) is 19.1 Å². The molecule has 4 nitrogen and oxygen atoms in total. The zero-order chi connectivity index (χ0) is 14.0. The number of Topliss-reactive ketones (excluding diaryl/α,β-unsaturated/α-hetero) is 2. The van der Waals surface area contributed by atoms with Crippen LogP contribution in [-0.4, -0.2) is 23.1 Å². The number of pyridine rings is 1. The third-order valence-corrected chi connectivity index (χ3v) is 3.73. The maximum atomic E-state index is 12.3. The van der Waals surface area contributed by atoms with Crippen molar-refractivity contribution in [1.82, 2.24) is 10.3 Å². The summed E-state index contributed by atoms with van der Waals surface area (Å²) in [5.74, 6) is -0.414. The van der Waals surface area contributed by atoms with E-state index in [-0.39, 0.29) is 21.7 Å². The van der Waals surface area contributed by atoms with Crippen molar-refractivity contribution in [3.63, 3.8) is 0 Å². The van der Waals surface area contributed by atoms with Gasteiger partial charge in [0.25, 0.3) is 0 Å². The predicted molar refractivity (Wildman–Crippen MR) is 76.5 cm³/mol. The molecule has 1 aromatic rings. The Hall–Kier alpha value is -1.49. The van der Waals surface area contributed by atoms with E-state index in [9.17, 15) is 9.59 Å². The number of carbonyl (C=O) groups excluding carboxylic acids is 2. The number of aryl methyl sites for hydroxylation is 1. The Morgan fingerprint density at radius 1 is 1.26 bits per heavy atom. The van der Waals surface area contributed by atoms with E-state index in [0.717, 1.165) is 18.5 Å². The zero-order valence-corrected chi connectivity index (χ0v) is 12.5. The molecular formula is C14H15BrN2O2. The van der Waals surface area contributed by atoms with E-state index in [1.807, 2.05) is 0 Å². The molecule has 1 N–H and O–H groups in total. The van der Waals surface area contributed by atoms with Gasteiger partial charge in [-0.2, -0.15) is 0 Å². The molecule has 1 aliphatic carbocycles. The minimum Gasteiger partial charge on any atom is -0.381 e. The maximum absolute atomic E-state index is 12.3. The van der Waals surface area contributed by atoms with Gasteiger partial charge < -0.3 is 5.32 Å². The number of nitrogens with zero attached hydrogens (tertiary/aromatic N) is 1. The average Bonchev–Trinajstić information content (AvgIpc) is 2.40. The average molecular weight is 323 g/mol. The van der Waals surface area contributed by atoms with Crippen LogP contribution in [0.1, 0.15) is 46.3 Å². The lowest BCUT2D eigenvalue weighted by Gasteiger charge is -2.18. The van der Waals surface area contributed by atoms with Gasteiger partial charge in [0.2, 0.25) is 11.6 Å². The summed E-state index contributed by atoms with van der Waals surface area (Å²) < 4.78 is 0.277. The predicted octanol–water partition coefficient (Wildman–Crippen LogP) is 2.77. The molecule has 0 saturated heterocycles. The monoisotopic (exact) mass is 322 g/mol. The molecule has 19 heavy (non-hydrogen) atoms. The van der Waals surface area contributed by atoms with Crippen LogP contribution in [-0.2, 0) is 0 Å². The lowest BCUT2D eigenvalue weighted by Crippen LogP contribution is -2.30. The van der Waals surface area contributed by atoms with Gasteiger partial charge >= 0.3 is 0 Å². The van der Waals surface area contributed by atoms with Gasteiger partial charge in [-0.15, -0.1) is 0 Å². The molecule has 0 unspecified atom stereocenters. The van der Waals surface area contributed by atoms with Crippen molar-refractivity contribution in [2.45, 2.75) is 26.7 Å². The number of unbranched alkanes of at least 4 members (excludes halogenated alkanes) is 1. The first-order valence-corrected chi connectivity index (χ1v) is 7.06. The second-order valence-electron chi connectivity index (χ2n) is 4.48. The van der Waals surface area contributed by atoms with Gasteiger partial charge in [-0.05, 0) is 41.4 Å². The van der Waals surface area contributed by atoms with Gasteiger partial charge in [-0.1, -0.05) is 13.3 Å². The van der Waals surface area contributed by atoms with E-state index in [0.29, 0.717) is 17.8 Å². The van der Waals surface area contributed by atoms with Gasteiger partial charge in [0.05, 0.1) is 10.0 Å². The van der Waals surface area contributed by atoms with Crippen molar-refractivity contribution >= 4 is 27.5 Å². The second kappa shape index (κ2) is 5.65. The van der Waals surface area contributed by atoms with E-state index in [4.69, 9.17) is 0 Å². The molecule has 0 aromatic carbocycles. The highest BCUT2D eigenvalue weighted by Gasteiger charge is 2.32. The molecular weight excluding hydrogens is 308 g/mol. The topological polar surface area (TPSA) is 59.1 Å². The van der Waals surface area contributed by atoms with Gasteiger partial charge in [0, 0.05) is 12.2 Å². The Labute approximate surface area is 120 Å². The van der Waals surface area contributed by atoms with Crippen LogP contribution in [0.5, 0.6) is 0 Å². The van der Waals surface area contributed by atoms with Crippen LogP contribution in [0.3, 0.4) is 0 Å². The molecule has 0 atom stereocenters. The highest BCUT2D eigenvalue weighted by Crippen LogP contribution is 2.27. The number of carbonyl (C=O) groups is 2. The van der Waals surface area contributed by atoms with Crippen molar-refractivity contribution < 1.29 is 9.59 Å². The summed E-state index contributed by atoms with van der Waals surface area (Å²) in [7, 11) is 0. The highest BCUT2D eigenvalue weighted by atomic mass is 79.9. The van der Waals surface area contributed by atoms with E-state index >= 15 is 0 Å². The van der Waals surface area contributed by atoms with E-state index < -0.39 is 0 Å². The molecule has 0 fully saturated rings. The SMILES string of the molecule is CCCCNC1=C(Br)C(=O)c2nc(C)ccc2C1=O. The molecule has 1 heterocycles. The fourth-order valence-electron chi connectivity index (χ4n) is 1.91. The summed E-state index contributed by atoms with van der Waals surface area (Å²) in [6, 6.07) is 3.41. The second-order valence-corrected chi connectivity index (χ2v) is 5.27. The van der Waals surface area contributed by atoms with Crippen molar-refractivity contribution in [2.75, 3.05) is 6.54 Å². The lowest BCUT2D eigenvalue weighted by molar-refractivity contribution is 0.0972. The summed E-state index contributed by atoms with van der Waals surface area (Å²) in [6.45, 7) is 4.54. The van der Waals surface area contributed by atoms with Crippen molar-refractivity contribution in [2.24, 2.45) is 0 Å². The van der Waals surface area contributed by atoms with E-state index in [2.05, 4.69) is 33.2 Å². The van der Waals surface area contributed by atoms with Crippen LogP contribution < -0.4 is 5.32 Å². The first-order valence-electron chi connectivity index (χ1n) is 6.27. The first kappa shape index (κ1) is 13.9. The molecule has 0 amide bonds. The van der Waals surface area contributed by atoms with Gasteiger partial charge in [0.1, 0.15) is 11.4 Å². The molecule has 0 spiro atoms. The number of hydrogen-bond donors (Lipinski definition) is 1. The summed E-state index contributed by atoms with van der Waals surface area (Å²) in [4.78, 5) is 28.7. The lowest BCUT2D eigenvalue weighted by atomic mass is 9.96. The molecule has 5 heteroatoms. The van der Waals surface area contributed by atoms with Crippen molar-refractivity contribution in [1.29, 1.82) is 0 Å². The molecule has 0 radical (unpaired) electrons. The summed E-state index contributed by atoms with van der Waals surface area (Å²) in [6.07, 6.45) is 1.97. The highest BCUT2D eigenvalue weighted by molar-refractivity contribution is 9.12. The van der Waals surface area contributed by atoms with Crippen LogP contribution in [0.25, 0.3) is 0 Å². The Kier molecular flexibility index (Phi) is 4.14. The Morgan fingerprint density at radius 3 is 2.68 bits per heavy atom. The zero-order valence-electron chi connectivity index (χ0n) is 10.9. The third kappa shape index (κ3) is 2.61. The quantitative estimate of drug-likeness (QED) is 0.866. The maximum Gasteiger partial charge on any atom is 0.221 e. The largest absolute Gasteiger partial charge is 0.381 e. The molecule has 1 aromatic heterocycles. The number of allylic oxidation sites excluding steroid dienone is 2.